The summed E-state index contributed by atoms with van der Waals surface area (Å²) in [4.78, 5) is 39.2. The van der Waals surface area contributed by atoms with E-state index in [9.17, 15) is 28.6 Å². The van der Waals surface area contributed by atoms with Crippen molar-refractivity contribution in [3.8, 4) is 28.4 Å². The van der Waals surface area contributed by atoms with Crippen molar-refractivity contribution >= 4 is 78.6 Å². The van der Waals surface area contributed by atoms with Gasteiger partial charge in [-0.3, -0.25) is 23.2 Å². The van der Waals surface area contributed by atoms with Crippen molar-refractivity contribution in [2.45, 2.75) is 120 Å². The van der Waals surface area contributed by atoms with Crippen molar-refractivity contribution in [1.82, 2.24) is 4.57 Å². The third-order valence-electron chi connectivity index (χ3n) is 11.9. The van der Waals surface area contributed by atoms with Crippen molar-refractivity contribution in [3.63, 3.8) is 0 Å². The maximum Gasteiger partial charge on any atom is 0.587 e. The van der Waals surface area contributed by atoms with Gasteiger partial charge in [-0.1, -0.05) is 195 Å². The largest absolute Gasteiger partial charge is 0.587 e. The lowest BCUT2D eigenvalue weighted by Gasteiger charge is -2.22. The third-order valence-corrected chi connectivity index (χ3v) is 17.7. The van der Waals surface area contributed by atoms with Crippen LogP contribution in [0.2, 0.25) is 10.0 Å². The van der Waals surface area contributed by atoms with E-state index in [-0.39, 0.29) is 94.7 Å². The lowest BCUT2D eigenvalue weighted by molar-refractivity contribution is -0.118. The zero-order valence-electron chi connectivity index (χ0n) is 44.9. The van der Waals surface area contributed by atoms with Crippen LogP contribution in [0.25, 0.3) is 11.1 Å². The number of unbranched alkanes of at least 4 members (excludes halogenated alkanes) is 2. The number of thioether (sulfide) groups is 2. The molecule has 2 atom stereocenters. The number of phosphoric ester groups is 2. The van der Waals surface area contributed by atoms with Gasteiger partial charge in [0.2, 0.25) is 0 Å². The smallest absolute Gasteiger partial charge is 0.478 e. The Kier molecular flexibility index (Phi) is 24.7. The summed E-state index contributed by atoms with van der Waals surface area (Å²) in [5, 5.41) is 11.8. The Labute approximate surface area is 468 Å². The highest BCUT2D eigenvalue weighted by Gasteiger charge is 2.35. The molecule has 0 bridgehead atoms. The van der Waals surface area contributed by atoms with Gasteiger partial charge in [0.15, 0.2) is 16.0 Å². The van der Waals surface area contributed by atoms with Gasteiger partial charge in [-0.15, -0.1) is 0 Å². The number of carbonyl (C=O) groups excluding carboxylic acids is 2. The fourth-order valence-electron chi connectivity index (χ4n) is 7.96. The summed E-state index contributed by atoms with van der Waals surface area (Å²) in [7, 11) is -8.69. The molecule has 1 aromatic heterocycles. The molecule has 0 aliphatic heterocycles. The Morgan fingerprint density at radius 1 is 0.645 bits per heavy atom. The number of carboxylic acids is 1. The van der Waals surface area contributed by atoms with E-state index in [4.69, 9.17) is 50.3 Å². The van der Waals surface area contributed by atoms with E-state index in [2.05, 4.69) is 18.4 Å². The van der Waals surface area contributed by atoms with Gasteiger partial charge in [0.05, 0.1) is 30.4 Å². The van der Waals surface area contributed by atoms with Crippen LogP contribution in [0, 0.1) is 16.7 Å². The fraction of sp³-hybridized carbons (Fsp3) is 0.456. The van der Waals surface area contributed by atoms with Crippen molar-refractivity contribution < 1.29 is 55.8 Å². The molecule has 0 amide bonds. The SMILES string of the molecule is CCCCC(CCCC)Cc1c(-c2ccc(OP(=O)(OCCSC(=O)C(C)(C)C)Oc3ccccc3)c(Cl)c2)c(C(=O)O)c(Cc2ccc(Cl)cc2)n1CCCOP(=O)(OCCSC(=O)C(C)(C)C)Oc1ccccc1. The van der Waals surface area contributed by atoms with Crippen LogP contribution in [0.5, 0.6) is 17.2 Å². The van der Waals surface area contributed by atoms with Gasteiger partial charge >= 0.3 is 21.6 Å². The normalized spacial score (nSPS) is 13.5. The number of rotatable bonds is 31. The summed E-state index contributed by atoms with van der Waals surface area (Å²) in [5.74, 6) is -0.0878. The van der Waals surface area contributed by atoms with Crippen LogP contribution in [-0.2, 0) is 51.7 Å². The molecule has 1 heterocycles. The number of carbonyl (C=O) groups is 3. The average Bonchev–Trinajstić information content (AvgIpc) is 3.66. The number of phosphoric acid groups is 2. The van der Waals surface area contributed by atoms with Crippen LogP contribution in [0.1, 0.15) is 128 Å². The zero-order chi connectivity index (χ0) is 55.5. The molecule has 76 heavy (non-hydrogen) atoms. The number of hydrogen-bond donors (Lipinski definition) is 1. The molecule has 0 aliphatic carbocycles. The third kappa shape index (κ3) is 19.7. The predicted molar refractivity (Wildman–Crippen MR) is 309 cm³/mol. The first-order chi connectivity index (χ1) is 36.0. The van der Waals surface area contributed by atoms with Gasteiger partial charge in [-0.25, -0.2) is 13.9 Å². The zero-order valence-corrected chi connectivity index (χ0v) is 49.8. The van der Waals surface area contributed by atoms with Crippen LogP contribution < -0.4 is 13.6 Å². The number of para-hydroxylation sites is 2. The molecular formula is C57H73Cl2NO12P2S2. The molecule has 0 radical (unpaired) electrons. The highest BCUT2D eigenvalue weighted by atomic mass is 35.5. The van der Waals surface area contributed by atoms with E-state index in [1.54, 1.807) is 84.9 Å². The molecule has 13 nitrogen and oxygen atoms in total. The summed E-state index contributed by atoms with van der Waals surface area (Å²) in [5.41, 5.74) is 1.99. The topological polar surface area (TPSA) is 166 Å². The maximum absolute atomic E-state index is 14.5. The quantitative estimate of drug-likeness (QED) is 0.0329. The van der Waals surface area contributed by atoms with Crippen LogP contribution in [0.3, 0.4) is 0 Å². The monoisotopic (exact) mass is 1160 g/mol. The number of benzene rings is 4. The second kappa shape index (κ2) is 29.8. The summed E-state index contributed by atoms with van der Waals surface area (Å²) in [6, 6.07) is 29.0. The van der Waals surface area contributed by atoms with Gasteiger partial charge in [-0.2, -0.15) is 0 Å². The van der Waals surface area contributed by atoms with E-state index in [1.165, 1.54) is 6.07 Å². The molecule has 414 valence electrons. The number of carboxylic acid groups (broad SMARTS) is 1. The molecule has 5 rings (SSSR count). The van der Waals surface area contributed by atoms with Gasteiger partial charge in [0, 0.05) is 57.3 Å². The van der Waals surface area contributed by atoms with Gasteiger partial charge < -0.3 is 23.2 Å². The van der Waals surface area contributed by atoms with Crippen LogP contribution in [-0.4, -0.2) is 57.2 Å². The van der Waals surface area contributed by atoms with E-state index in [0.29, 0.717) is 28.3 Å². The second-order valence-electron chi connectivity index (χ2n) is 20.3. The van der Waals surface area contributed by atoms with Gasteiger partial charge in [-0.05, 0) is 78.4 Å². The minimum absolute atomic E-state index is 0.0156. The minimum atomic E-state index is -4.45. The molecule has 0 fully saturated rings. The molecule has 0 saturated heterocycles. The Morgan fingerprint density at radius 3 is 1.66 bits per heavy atom. The lowest BCUT2D eigenvalue weighted by Crippen LogP contribution is -2.17. The first-order valence-corrected chi connectivity index (χ1v) is 31.4. The van der Waals surface area contributed by atoms with Crippen molar-refractivity contribution in [2.75, 3.05) is 31.3 Å². The Morgan fingerprint density at radius 2 is 1.16 bits per heavy atom. The first kappa shape index (κ1) is 62.8. The van der Waals surface area contributed by atoms with E-state index in [0.717, 1.165) is 73.3 Å². The number of nitrogens with zero attached hydrogens (tertiary/aromatic N) is 1. The maximum atomic E-state index is 14.5. The average molecular weight is 1160 g/mol. The molecule has 5 aromatic rings. The number of aromatic nitrogens is 1. The standard InChI is InChI=1S/C57H73Cl2NO12P2S2/c1-9-11-20-41(21-12-10-2)38-48-51(43-28-31-50(47(59)40-43)72-74(66,71-46-24-17-14-18-25-46)69-35-37-76-55(64)57(6,7)8)52(53(61)62)49(39-42-26-29-44(58)30-27-42)60(48)32-19-33-67-73(65,70-45-22-15-13-16-23-45)68-34-36-75-54(63)56(3,4)5/h13-18,22-31,40-41H,9-12,19-21,32-39H2,1-8H3,(H,61,62). The lowest BCUT2D eigenvalue weighted by atomic mass is 9.88. The molecule has 0 aliphatic rings. The molecule has 2 unspecified atom stereocenters. The van der Waals surface area contributed by atoms with Gasteiger partial charge in [0.1, 0.15) is 11.5 Å². The molecule has 0 spiro atoms. The summed E-state index contributed by atoms with van der Waals surface area (Å²) in [6.07, 6.45) is 6.79. The summed E-state index contributed by atoms with van der Waals surface area (Å²) >= 11 is 15.6. The van der Waals surface area contributed by atoms with Crippen LogP contribution >= 0.6 is 62.4 Å². The Hall–Kier alpha value is -4.01. The summed E-state index contributed by atoms with van der Waals surface area (Å²) < 4.78 is 66.3. The second-order valence-corrected chi connectivity index (χ2v) is 26.4. The molecular weight excluding hydrogens is 1090 g/mol. The van der Waals surface area contributed by atoms with Crippen molar-refractivity contribution in [2.24, 2.45) is 16.7 Å². The van der Waals surface area contributed by atoms with E-state index in [1.807, 2.05) is 53.7 Å². The Balaban J connectivity index is 1.57. The molecule has 19 heteroatoms. The number of halogens is 2. The van der Waals surface area contributed by atoms with Gasteiger partial charge in [0.25, 0.3) is 0 Å². The van der Waals surface area contributed by atoms with Crippen LogP contribution in [0.15, 0.2) is 103 Å². The molecule has 1 N–H and O–H groups in total. The molecule has 0 saturated carbocycles. The first-order valence-electron chi connectivity index (χ1n) is 25.7. The summed E-state index contributed by atoms with van der Waals surface area (Å²) in [6.45, 7) is 15.2. The Bertz CT molecular complexity index is 2760. The highest BCUT2D eigenvalue weighted by molar-refractivity contribution is 8.14. The number of aromatic carboxylic acids is 1. The van der Waals surface area contributed by atoms with Crippen molar-refractivity contribution in [3.05, 3.63) is 136 Å². The number of hydrogen-bond acceptors (Lipinski definition) is 13. The fourth-order valence-corrected chi connectivity index (χ4v) is 12.6. The van der Waals surface area contributed by atoms with E-state index < -0.39 is 32.4 Å². The highest BCUT2D eigenvalue weighted by Crippen LogP contribution is 2.53. The minimum Gasteiger partial charge on any atom is -0.478 e. The predicted octanol–water partition coefficient (Wildman–Crippen LogP) is 17.1. The van der Waals surface area contributed by atoms with E-state index >= 15 is 0 Å². The molecule has 4 aromatic carbocycles. The van der Waals surface area contributed by atoms with Crippen LogP contribution in [0.4, 0.5) is 0 Å². The van der Waals surface area contributed by atoms with Crippen molar-refractivity contribution in [1.29, 1.82) is 0 Å².